The smallest absolute Gasteiger partial charge is 0.335 e. The Hall–Kier alpha value is -0.560. The van der Waals surface area contributed by atoms with E-state index in [4.69, 9.17) is 0 Å². The zero-order valence-corrected chi connectivity index (χ0v) is 14.3. The average Bonchev–Trinajstić information content (AvgIpc) is 2.34. The van der Waals surface area contributed by atoms with Gasteiger partial charge in [-0.1, -0.05) is 31.9 Å². The summed E-state index contributed by atoms with van der Waals surface area (Å²) in [5.74, 6) is -0.543. The van der Waals surface area contributed by atoms with Gasteiger partial charge in [-0.05, 0) is 37.5 Å². The van der Waals surface area contributed by atoms with Crippen LogP contribution in [0.4, 0.5) is 13.2 Å². The van der Waals surface area contributed by atoms with Crippen molar-refractivity contribution in [2.24, 2.45) is 0 Å². The van der Waals surface area contributed by atoms with Gasteiger partial charge in [0.2, 0.25) is 0 Å². The van der Waals surface area contributed by atoms with Crippen LogP contribution in [0, 0.1) is 0 Å². The van der Waals surface area contributed by atoms with Crippen molar-refractivity contribution in [3.63, 3.8) is 0 Å². The van der Waals surface area contributed by atoms with Crippen molar-refractivity contribution in [1.82, 2.24) is 4.90 Å². The van der Waals surface area contributed by atoms with Crippen LogP contribution in [0.25, 0.3) is 0 Å². The highest BCUT2D eigenvalue weighted by molar-refractivity contribution is 9.10. The maximum absolute atomic E-state index is 13.1. The Morgan fingerprint density at radius 2 is 2.00 bits per heavy atom. The molecule has 1 aliphatic carbocycles. The molecule has 0 spiro atoms. The van der Waals surface area contributed by atoms with Crippen LogP contribution in [0.1, 0.15) is 35.2 Å². The van der Waals surface area contributed by atoms with Crippen LogP contribution in [0.15, 0.2) is 22.7 Å². The summed E-state index contributed by atoms with van der Waals surface area (Å²) in [6, 6.07) is 3.73. The number of amides is 1. The van der Waals surface area contributed by atoms with Gasteiger partial charge in [0, 0.05) is 22.4 Å². The molecule has 1 aromatic carbocycles. The SMILES string of the molecule is O=C(c1ccc(Br)cc1C(F)(F)F)N(CCBr)C1CCC1. The molecule has 1 fully saturated rings. The zero-order valence-electron chi connectivity index (χ0n) is 11.1. The lowest BCUT2D eigenvalue weighted by Crippen LogP contribution is -2.45. The third-order valence-electron chi connectivity index (χ3n) is 3.62. The van der Waals surface area contributed by atoms with Crippen LogP contribution in [-0.4, -0.2) is 28.7 Å². The normalized spacial score (nSPS) is 15.7. The van der Waals surface area contributed by atoms with E-state index in [0.29, 0.717) is 16.3 Å². The number of rotatable bonds is 4. The second-order valence-electron chi connectivity index (χ2n) is 4.96. The molecule has 0 N–H and O–H groups in total. The fourth-order valence-corrected chi connectivity index (χ4v) is 3.07. The lowest BCUT2D eigenvalue weighted by atomic mass is 9.90. The molecule has 21 heavy (non-hydrogen) atoms. The fraction of sp³-hybridized carbons (Fsp3) is 0.500. The van der Waals surface area contributed by atoms with Gasteiger partial charge in [-0.2, -0.15) is 13.2 Å². The molecule has 1 amide bonds. The highest BCUT2D eigenvalue weighted by Gasteiger charge is 2.38. The van der Waals surface area contributed by atoms with E-state index in [1.807, 2.05) is 0 Å². The summed E-state index contributed by atoms with van der Waals surface area (Å²) >= 11 is 6.29. The monoisotopic (exact) mass is 427 g/mol. The number of halogens is 5. The molecular formula is C14H14Br2F3NO. The molecule has 0 unspecified atom stereocenters. The predicted molar refractivity (Wildman–Crippen MR) is 81.6 cm³/mol. The summed E-state index contributed by atoms with van der Waals surface area (Å²) in [5, 5.41) is 0.549. The van der Waals surface area contributed by atoms with E-state index in [1.165, 1.54) is 12.1 Å². The Kier molecular flexibility index (Phi) is 5.35. The number of hydrogen-bond donors (Lipinski definition) is 0. The van der Waals surface area contributed by atoms with E-state index >= 15 is 0 Å². The molecule has 0 heterocycles. The van der Waals surface area contributed by atoms with Crippen LogP contribution in [-0.2, 0) is 6.18 Å². The van der Waals surface area contributed by atoms with Crippen molar-refractivity contribution in [2.75, 3.05) is 11.9 Å². The maximum atomic E-state index is 13.1. The molecule has 116 valence electrons. The van der Waals surface area contributed by atoms with E-state index in [-0.39, 0.29) is 11.6 Å². The molecule has 0 bridgehead atoms. The molecule has 0 radical (unpaired) electrons. The summed E-state index contributed by atoms with van der Waals surface area (Å²) in [7, 11) is 0. The van der Waals surface area contributed by atoms with Gasteiger partial charge in [-0.15, -0.1) is 0 Å². The van der Waals surface area contributed by atoms with Crippen LogP contribution >= 0.6 is 31.9 Å². The molecule has 1 aliphatic rings. The second-order valence-corrected chi connectivity index (χ2v) is 6.67. The topological polar surface area (TPSA) is 20.3 Å². The fourth-order valence-electron chi connectivity index (χ4n) is 2.33. The van der Waals surface area contributed by atoms with Gasteiger partial charge >= 0.3 is 6.18 Å². The largest absolute Gasteiger partial charge is 0.417 e. The molecule has 0 atom stereocenters. The number of benzene rings is 1. The number of alkyl halides is 4. The van der Waals surface area contributed by atoms with Crippen molar-refractivity contribution in [2.45, 2.75) is 31.5 Å². The lowest BCUT2D eigenvalue weighted by molar-refractivity contribution is -0.138. The summed E-state index contributed by atoms with van der Waals surface area (Å²) in [4.78, 5) is 14.1. The Balaban J connectivity index is 2.37. The van der Waals surface area contributed by atoms with Crippen LogP contribution in [0.2, 0.25) is 0 Å². The Bertz CT molecular complexity index is 529. The molecule has 0 aromatic heterocycles. The summed E-state index contributed by atoms with van der Waals surface area (Å²) in [6.45, 7) is 0.414. The Morgan fingerprint density at radius 1 is 1.33 bits per heavy atom. The first-order valence-corrected chi connectivity index (χ1v) is 8.49. The number of carbonyl (C=O) groups excluding carboxylic acids is 1. The molecule has 2 nitrogen and oxygen atoms in total. The van der Waals surface area contributed by atoms with Gasteiger partial charge in [0.15, 0.2) is 0 Å². The molecule has 7 heteroatoms. The van der Waals surface area contributed by atoms with Gasteiger partial charge in [0.25, 0.3) is 5.91 Å². The predicted octanol–water partition coefficient (Wildman–Crippen LogP) is 4.86. The Morgan fingerprint density at radius 3 is 2.48 bits per heavy atom. The summed E-state index contributed by atoms with van der Waals surface area (Å²) in [5.41, 5.74) is -1.17. The minimum atomic E-state index is -4.55. The van der Waals surface area contributed by atoms with E-state index in [0.717, 1.165) is 25.3 Å². The van der Waals surface area contributed by atoms with Crippen molar-refractivity contribution in [3.05, 3.63) is 33.8 Å². The lowest BCUT2D eigenvalue weighted by Gasteiger charge is -2.37. The minimum Gasteiger partial charge on any atom is -0.335 e. The summed E-state index contributed by atoms with van der Waals surface area (Å²) in [6.07, 6.45) is -1.81. The van der Waals surface area contributed by atoms with Crippen LogP contribution in [0.5, 0.6) is 0 Å². The van der Waals surface area contributed by atoms with Crippen molar-refractivity contribution in [1.29, 1.82) is 0 Å². The molecule has 0 aliphatic heterocycles. The summed E-state index contributed by atoms with van der Waals surface area (Å²) < 4.78 is 39.7. The van der Waals surface area contributed by atoms with Crippen molar-refractivity contribution >= 4 is 37.8 Å². The number of nitrogens with zero attached hydrogens (tertiary/aromatic N) is 1. The zero-order chi connectivity index (χ0) is 15.6. The highest BCUT2D eigenvalue weighted by Crippen LogP contribution is 2.35. The average molecular weight is 429 g/mol. The van der Waals surface area contributed by atoms with E-state index in [9.17, 15) is 18.0 Å². The first-order chi connectivity index (χ1) is 9.84. The van der Waals surface area contributed by atoms with E-state index in [1.54, 1.807) is 4.90 Å². The van der Waals surface area contributed by atoms with Crippen molar-refractivity contribution < 1.29 is 18.0 Å². The molecule has 0 saturated heterocycles. The van der Waals surface area contributed by atoms with E-state index < -0.39 is 17.6 Å². The first kappa shape index (κ1) is 16.8. The van der Waals surface area contributed by atoms with E-state index in [2.05, 4.69) is 31.9 Å². The number of carbonyl (C=O) groups is 1. The van der Waals surface area contributed by atoms with Gasteiger partial charge in [-0.3, -0.25) is 4.79 Å². The minimum absolute atomic E-state index is 0.0554. The second kappa shape index (κ2) is 6.69. The third kappa shape index (κ3) is 3.80. The van der Waals surface area contributed by atoms with Gasteiger partial charge in [0.05, 0.1) is 11.1 Å². The molecule has 2 rings (SSSR count). The Labute approximate surface area is 137 Å². The maximum Gasteiger partial charge on any atom is 0.417 e. The molecular weight excluding hydrogens is 415 g/mol. The number of hydrogen-bond acceptors (Lipinski definition) is 1. The van der Waals surface area contributed by atoms with Gasteiger partial charge in [0.1, 0.15) is 0 Å². The highest BCUT2D eigenvalue weighted by atomic mass is 79.9. The third-order valence-corrected chi connectivity index (χ3v) is 4.47. The molecule has 1 saturated carbocycles. The first-order valence-electron chi connectivity index (χ1n) is 6.58. The molecule has 1 aromatic rings. The van der Waals surface area contributed by atoms with Gasteiger partial charge in [-0.25, -0.2) is 0 Å². The van der Waals surface area contributed by atoms with Gasteiger partial charge < -0.3 is 4.90 Å². The van der Waals surface area contributed by atoms with Crippen molar-refractivity contribution in [3.8, 4) is 0 Å². The quantitative estimate of drug-likeness (QED) is 0.627. The standard InChI is InChI=1S/C14H14Br2F3NO/c15-6-7-20(10-2-1-3-10)13(21)11-5-4-9(16)8-12(11)14(17,18)19/h4-5,8,10H,1-3,6-7H2. The van der Waals surface area contributed by atoms with Crippen LogP contribution in [0.3, 0.4) is 0 Å². The van der Waals surface area contributed by atoms with Crippen LogP contribution < -0.4 is 0 Å².